The van der Waals surface area contributed by atoms with E-state index in [2.05, 4.69) is 40.6 Å². The quantitative estimate of drug-likeness (QED) is 0.524. The SMILES string of the molecule is CC1CN(C(=O)CCN2CCc3sccc3C2c2ccccc2)CCN1C(=O)c1cccc(F)c1. The molecule has 5 rings (SSSR count). The van der Waals surface area contributed by atoms with Crippen LogP contribution in [-0.4, -0.2) is 65.3 Å². The number of hydrogen-bond acceptors (Lipinski definition) is 4. The highest BCUT2D eigenvalue weighted by Gasteiger charge is 2.32. The Morgan fingerprint density at radius 3 is 2.63 bits per heavy atom. The van der Waals surface area contributed by atoms with Gasteiger partial charge in [0.25, 0.3) is 5.91 Å². The lowest BCUT2D eigenvalue weighted by atomic mass is 9.93. The van der Waals surface area contributed by atoms with Gasteiger partial charge in [0, 0.05) is 55.6 Å². The van der Waals surface area contributed by atoms with Crippen LogP contribution in [0.25, 0.3) is 0 Å². The minimum Gasteiger partial charge on any atom is -0.339 e. The molecule has 2 atom stereocenters. The summed E-state index contributed by atoms with van der Waals surface area (Å²) in [6, 6.07) is 18.6. The summed E-state index contributed by atoms with van der Waals surface area (Å²) >= 11 is 1.82. The molecule has 0 radical (unpaired) electrons. The molecule has 2 aromatic carbocycles. The van der Waals surface area contributed by atoms with Crippen LogP contribution in [-0.2, 0) is 11.2 Å². The lowest BCUT2D eigenvalue weighted by Gasteiger charge is -2.41. The Balaban J connectivity index is 1.21. The van der Waals surface area contributed by atoms with Gasteiger partial charge in [0.2, 0.25) is 5.91 Å². The Morgan fingerprint density at radius 1 is 1.03 bits per heavy atom. The van der Waals surface area contributed by atoms with Crippen molar-refractivity contribution in [1.82, 2.24) is 14.7 Å². The molecule has 1 fully saturated rings. The average Bonchev–Trinajstić information content (AvgIpc) is 3.36. The van der Waals surface area contributed by atoms with Crippen molar-refractivity contribution in [3.8, 4) is 0 Å². The van der Waals surface area contributed by atoms with E-state index in [1.165, 1.54) is 28.1 Å². The molecule has 7 heteroatoms. The Bertz CT molecular complexity index is 1200. The molecule has 2 aliphatic heterocycles. The number of benzene rings is 2. The van der Waals surface area contributed by atoms with E-state index < -0.39 is 5.82 Å². The fourth-order valence-corrected chi connectivity index (χ4v) is 6.21. The summed E-state index contributed by atoms with van der Waals surface area (Å²) in [5, 5.41) is 2.17. The first-order valence-electron chi connectivity index (χ1n) is 12.2. The van der Waals surface area contributed by atoms with Crippen molar-refractivity contribution in [3.05, 3.63) is 93.4 Å². The second-order valence-corrected chi connectivity index (χ2v) is 10.3. The van der Waals surface area contributed by atoms with Crippen LogP contribution in [0.1, 0.15) is 45.7 Å². The van der Waals surface area contributed by atoms with Crippen molar-refractivity contribution in [2.45, 2.75) is 31.8 Å². The van der Waals surface area contributed by atoms with Gasteiger partial charge in [0.15, 0.2) is 0 Å². The number of carbonyl (C=O) groups excluding carboxylic acids is 2. The summed E-state index contributed by atoms with van der Waals surface area (Å²) in [4.78, 5) is 33.5. The third-order valence-corrected chi connectivity index (χ3v) is 8.10. The maximum Gasteiger partial charge on any atom is 0.254 e. The zero-order chi connectivity index (χ0) is 24.4. The van der Waals surface area contributed by atoms with E-state index in [-0.39, 0.29) is 23.9 Å². The molecular formula is C28H30FN3O2S. The van der Waals surface area contributed by atoms with E-state index >= 15 is 0 Å². The Morgan fingerprint density at radius 2 is 1.86 bits per heavy atom. The lowest BCUT2D eigenvalue weighted by Crippen LogP contribution is -2.55. The Kier molecular flexibility index (Phi) is 6.97. The maximum absolute atomic E-state index is 13.6. The van der Waals surface area contributed by atoms with Gasteiger partial charge in [-0.2, -0.15) is 0 Å². The smallest absolute Gasteiger partial charge is 0.254 e. The minimum absolute atomic E-state index is 0.121. The molecule has 5 nitrogen and oxygen atoms in total. The molecule has 0 saturated carbocycles. The molecule has 1 aromatic heterocycles. The normalized spacial score (nSPS) is 20.5. The highest BCUT2D eigenvalue weighted by Crippen LogP contribution is 2.37. The number of thiophene rings is 1. The van der Waals surface area contributed by atoms with Crippen molar-refractivity contribution < 1.29 is 14.0 Å². The number of carbonyl (C=O) groups is 2. The van der Waals surface area contributed by atoms with Crippen LogP contribution in [0.4, 0.5) is 4.39 Å². The van der Waals surface area contributed by atoms with Crippen molar-refractivity contribution in [2.75, 3.05) is 32.7 Å². The lowest BCUT2D eigenvalue weighted by molar-refractivity contribution is -0.134. The number of amides is 2. The topological polar surface area (TPSA) is 43.9 Å². The van der Waals surface area contributed by atoms with Gasteiger partial charge < -0.3 is 9.80 Å². The van der Waals surface area contributed by atoms with Crippen LogP contribution < -0.4 is 0 Å². The van der Waals surface area contributed by atoms with Crippen molar-refractivity contribution in [1.29, 1.82) is 0 Å². The first kappa shape index (κ1) is 23.7. The molecule has 0 bridgehead atoms. The third-order valence-electron chi connectivity index (χ3n) is 7.11. The third kappa shape index (κ3) is 5.02. The fourth-order valence-electron chi connectivity index (χ4n) is 5.31. The standard InChI is InChI=1S/C28H30FN3O2S/c1-20-19-31(15-16-32(20)28(34)22-8-5-9-23(29)18-22)26(33)11-14-30-13-10-25-24(12-17-35-25)27(30)21-6-3-2-4-7-21/h2-9,12,17-18,20,27H,10-11,13-16,19H2,1H3. The molecule has 35 heavy (non-hydrogen) atoms. The average molecular weight is 492 g/mol. The van der Waals surface area contributed by atoms with Gasteiger partial charge in [0.1, 0.15) is 5.82 Å². The van der Waals surface area contributed by atoms with Crippen LogP contribution in [0.3, 0.4) is 0 Å². The molecule has 0 aliphatic carbocycles. The van der Waals surface area contributed by atoms with Gasteiger partial charge in [-0.25, -0.2) is 4.39 Å². The second-order valence-electron chi connectivity index (χ2n) is 9.35. The van der Waals surface area contributed by atoms with E-state index in [9.17, 15) is 14.0 Å². The predicted octanol–water partition coefficient (Wildman–Crippen LogP) is 4.60. The molecule has 2 unspecified atom stereocenters. The van der Waals surface area contributed by atoms with Gasteiger partial charge in [-0.3, -0.25) is 14.5 Å². The van der Waals surface area contributed by atoms with Gasteiger partial charge >= 0.3 is 0 Å². The largest absolute Gasteiger partial charge is 0.339 e. The molecule has 1 saturated heterocycles. The van der Waals surface area contributed by atoms with E-state index in [0.717, 1.165) is 13.0 Å². The van der Waals surface area contributed by atoms with Gasteiger partial charge in [0.05, 0.1) is 6.04 Å². The van der Waals surface area contributed by atoms with E-state index in [1.807, 2.05) is 29.2 Å². The summed E-state index contributed by atoms with van der Waals surface area (Å²) in [7, 11) is 0. The minimum atomic E-state index is -0.418. The summed E-state index contributed by atoms with van der Waals surface area (Å²) in [6.07, 6.45) is 1.47. The summed E-state index contributed by atoms with van der Waals surface area (Å²) in [6.45, 7) is 5.04. The second kappa shape index (κ2) is 10.3. The zero-order valence-corrected chi connectivity index (χ0v) is 20.7. The van der Waals surface area contributed by atoms with Gasteiger partial charge in [-0.05, 0) is 54.1 Å². The van der Waals surface area contributed by atoms with Crippen molar-refractivity contribution in [2.24, 2.45) is 0 Å². The number of hydrogen-bond donors (Lipinski definition) is 0. The number of rotatable bonds is 5. The molecule has 0 spiro atoms. The molecule has 3 heterocycles. The molecule has 0 N–H and O–H groups in total. The van der Waals surface area contributed by atoms with Crippen LogP contribution in [0, 0.1) is 5.82 Å². The molecular weight excluding hydrogens is 461 g/mol. The van der Waals surface area contributed by atoms with Gasteiger partial charge in [-0.15, -0.1) is 11.3 Å². The van der Waals surface area contributed by atoms with Crippen LogP contribution >= 0.6 is 11.3 Å². The van der Waals surface area contributed by atoms with Gasteiger partial charge in [-0.1, -0.05) is 36.4 Å². The highest BCUT2D eigenvalue weighted by atomic mass is 32.1. The highest BCUT2D eigenvalue weighted by molar-refractivity contribution is 7.10. The van der Waals surface area contributed by atoms with E-state index in [0.29, 0.717) is 38.2 Å². The summed E-state index contributed by atoms with van der Waals surface area (Å²) in [5.74, 6) is -0.481. The first-order valence-corrected chi connectivity index (χ1v) is 13.1. The first-order chi connectivity index (χ1) is 17.0. The fraction of sp³-hybridized carbons (Fsp3) is 0.357. The van der Waals surface area contributed by atoms with Crippen molar-refractivity contribution in [3.63, 3.8) is 0 Å². The summed E-state index contributed by atoms with van der Waals surface area (Å²) in [5.41, 5.74) is 2.97. The maximum atomic E-state index is 13.6. The van der Waals surface area contributed by atoms with Crippen molar-refractivity contribution >= 4 is 23.2 Å². The molecule has 2 aliphatic rings. The van der Waals surface area contributed by atoms with E-state index in [1.54, 1.807) is 17.0 Å². The zero-order valence-electron chi connectivity index (χ0n) is 19.9. The predicted molar refractivity (Wildman–Crippen MR) is 136 cm³/mol. The van der Waals surface area contributed by atoms with Crippen LogP contribution in [0.2, 0.25) is 0 Å². The number of piperazine rings is 1. The molecule has 182 valence electrons. The number of nitrogens with zero attached hydrogens (tertiary/aromatic N) is 3. The summed E-state index contributed by atoms with van der Waals surface area (Å²) < 4.78 is 13.6. The Hall–Kier alpha value is -3.03. The monoisotopic (exact) mass is 491 g/mol. The van der Waals surface area contributed by atoms with E-state index in [4.69, 9.17) is 0 Å². The number of fused-ring (bicyclic) bond motifs is 1. The van der Waals surface area contributed by atoms with Crippen LogP contribution in [0.5, 0.6) is 0 Å². The Labute approximate surface area is 209 Å². The molecule has 3 aromatic rings. The number of halogens is 1. The van der Waals surface area contributed by atoms with Crippen LogP contribution in [0.15, 0.2) is 66.0 Å². The molecule has 2 amide bonds.